The fourth-order valence-corrected chi connectivity index (χ4v) is 2.48. The molecule has 0 aromatic heterocycles. The van der Waals surface area contributed by atoms with Gasteiger partial charge in [-0.05, 0) is 38.5 Å². The van der Waals surface area contributed by atoms with Crippen LogP contribution in [0.15, 0.2) is 12.2 Å². The summed E-state index contributed by atoms with van der Waals surface area (Å²) in [6.07, 6.45) is 11.5. The summed E-state index contributed by atoms with van der Waals surface area (Å²) in [5.41, 5.74) is 0. The van der Waals surface area contributed by atoms with Gasteiger partial charge in [0.1, 0.15) is 6.04 Å². The van der Waals surface area contributed by atoms with E-state index in [0.29, 0.717) is 25.9 Å². The first-order valence-corrected chi connectivity index (χ1v) is 10.5. The highest BCUT2D eigenvalue weighted by molar-refractivity contribution is 5.88. The summed E-state index contributed by atoms with van der Waals surface area (Å²) in [4.78, 5) is 36.4. The van der Waals surface area contributed by atoms with Gasteiger partial charge in [0, 0.05) is 25.9 Å². The second-order valence-electron chi connectivity index (χ2n) is 6.78. The number of hydrogen-bond acceptors (Lipinski definition) is 3. The van der Waals surface area contributed by atoms with Gasteiger partial charge in [-0.3, -0.25) is 14.4 Å². The van der Waals surface area contributed by atoms with E-state index in [9.17, 15) is 14.4 Å². The van der Waals surface area contributed by atoms with Gasteiger partial charge in [-0.1, -0.05) is 45.8 Å². The first-order valence-electron chi connectivity index (χ1n) is 10.5. The van der Waals surface area contributed by atoms with Crippen LogP contribution in [-0.4, -0.2) is 36.9 Å². The largest absolute Gasteiger partial charge is 0.356 e. The van der Waals surface area contributed by atoms with Crippen LogP contribution in [0.3, 0.4) is 0 Å². The van der Waals surface area contributed by atoms with Crippen LogP contribution < -0.4 is 16.0 Å². The minimum Gasteiger partial charge on any atom is -0.356 e. The number of hydrogen-bond donors (Lipinski definition) is 3. The molecule has 0 fully saturated rings. The van der Waals surface area contributed by atoms with Gasteiger partial charge in [-0.2, -0.15) is 0 Å². The lowest BCUT2D eigenvalue weighted by atomic mass is 10.1. The number of carbonyl (C=O) groups is 3. The van der Waals surface area contributed by atoms with Crippen LogP contribution in [0.5, 0.6) is 0 Å². The Labute approximate surface area is 164 Å². The molecule has 156 valence electrons. The monoisotopic (exact) mass is 381 g/mol. The molecule has 1 atom stereocenters. The molecule has 0 saturated carbocycles. The lowest BCUT2D eigenvalue weighted by molar-refractivity contribution is -0.129. The normalized spacial score (nSPS) is 12.0. The van der Waals surface area contributed by atoms with E-state index in [2.05, 4.69) is 48.9 Å². The van der Waals surface area contributed by atoms with Gasteiger partial charge < -0.3 is 16.0 Å². The van der Waals surface area contributed by atoms with Crippen LogP contribution in [0.1, 0.15) is 85.0 Å². The lowest BCUT2D eigenvalue weighted by Crippen LogP contribution is -2.47. The SMILES string of the molecule is CC/C=C/CCCC(=O)N[C@@H](CCC(=O)NCCCC)C(=O)NCCCC. The Hall–Kier alpha value is -1.85. The molecule has 0 aliphatic heterocycles. The van der Waals surface area contributed by atoms with E-state index in [4.69, 9.17) is 0 Å². The van der Waals surface area contributed by atoms with Gasteiger partial charge in [0.25, 0.3) is 0 Å². The maximum atomic E-state index is 12.4. The number of carbonyl (C=O) groups excluding carboxylic acids is 3. The first kappa shape index (κ1) is 25.1. The molecular weight excluding hydrogens is 342 g/mol. The van der Waals surface area contributed by atoms with Gasteiger partial charge in [-0.15, -0.1) is 0 Å². The van der Waals surface area contributed by atoms with E-state index in [-0.39, 0.29) is 24.1 Å². The predicted molar refractivity (Wildman–Crippen MR) is 110 cm³/mol. The van der Waals surface area contributed by atoms with Crippen LogP contribution in [-0.2, 0) is 14.4 Å². The van der Waals surface area contributed by atoms with Crippen molar-refractivity contribution in [3.63, 3.8) is 0 Å². The van der Waals surface area contributed by atoms with Gasteiger partial charge in [-0.25, -0.2) is 0 Å². The van der Waals surface area contributed by atoms with Gasteiger partial charge in [0.2, 0.25) is 17.7 Å². The molecule has 3 amide bonds. The summed E-state index contributed by atoms with van der Waals surface area (Å²) in [7, 11) is 0. The highest BCUT2D eigenvalue weighted by atomic mass is 16.2. The van der Waals surface area contributed by atoms with Crippen molar-refractivity contribution >= 4 is 17.7 Å². The van der Waals surface area contributed by atoms with E-state index >= 15 is 0 Å². The Morgan fingerprint density at radius 1 is 0.815 bits per heavy atom. The second-order valence-corrected chi connectivity index (χ2v) is 6.78. The summed E-state index contributed by atoms with van der Waals surface area (Å²) in [6.45, 7) is 7.44. The first-order chi connectivity index (χ1) is 13.0. The third-order valence-corrected chi connectivity index (χ3v) is 4.17. The van der Waals surface area contributed by atoms with Crippen molar-refractivity contribution in [2.45, 2.75) is 91.0 Å². The van der Waals surface area contributed by atoms with Crippen molar-refractivity contribution in [1.82, 2.24) is 16.0 Å². The molecule has 0 aromatic rings. The van der Waals surface area contributed by atoms with Crippen molar-refractivity contribution in [1.29, 1.82) is 0 Å². The zero-order chi connectivity index (χ0) is 20.3. The average molecular weight is 382 g/mol. The molecule has 3 N–H and O–H groups in total. The molecule has 0 spiro atoms. The minimum atomic E-state index is -0.655. The van der Waals surface area contributed by atoms with Crippen LogP contribution >= 0.6 is 0 Å². The average Bonchev–Trinajstić information content (AvgIpc) is 2.65. The number of unbranched alkanes of at least 4 members (excludes halogenated alkanes) is 3. The topological polar surface area (TPSA) is 87.3 Å². The molecule has 0 aliphatic rings. The van der Waals surface area contributed by atoms with Crippen molar-refractivity contribution in [3.8, 4) is 0 Å². The Morgan fingerprint density at radius 2 is 1.48 bits per heavy atom. The van der Waals surface area contributed by atoms with Gasteiger partial charge >= 0.3 is 0 Å². The number of allylic oxidation sites excluding steroid dienone is 2. The number of amides is 3. The molecule has 0 heterocycles. The van der Waals surface area contributed by atoms with Crippen molar-refractivity contribution in [3.05, 3.63) is 12.2 Å². The Morgan fingerprint density at radius 3 is 2.11 bits per heavy atom. The molecule has 0 unspecified atom stereocenters. The summed E-state index contributed by atoms with van der Waals surface area (Å²) in [5, 5.41) is 8.50. The zero-order valence-electron chi connectivity index (χ0n) is 17.4. The van der Waals surface area contributed by atoms with Crippen molar-refractivity contribution in [2.75, 3.05) is 13.1 Å². The second kappa shape index (κ2) is 17.6. The third-order valence-electron chi connectivity index (χ3n) is 4.17. The highest BCUT2D eigenvalue weighted by Crippen LogP contribution is 2.03. The molecular formula is C21H39N3O3. The molecule has 27 heavy (non-hydrogen) atoms. The Kier molecular flexibility index (Phi) is 16.4. The van der Waals surface area contributed by atoms with E-state index in [1.54, 1.807) is 0 Å². The van der Waals surface area contributed by atoms with E-state index < -0.39 is 6.04 Å². The molecule has 0 radical (unpaired) electrons. The maximum Gasteiger partial charge on any atom is 0.242 e. The van der Waals surface area contributed by atoms with E-state index in [1.165, 1.54) is 0 Å². The van der Waals surface area contributed by atoms with Crippen molar-refractivity contribution in [2.24, 2.45) is 0 Å². The fraction of sp³-hybridized carbons (Fsp3) is 0.762. The third kappa shape index (κ3) is 15.0. The smallest absolute Gasteiger partial charge is 0.242 e. The zero-order valence-corrected chi connectivity index (χ0v) is 17.4. The van der Waals surface area contributed by atoms with Crippen LogP contribution in [0.25, 0.3) is 0 Å². The van der Waals surface area contributed by atoms with Gasteiger partial charge in [0.05, 0.1) is 0 Å². The minimum absolute atomic E-state index is 0.0752. The fourth-order valence-electron chi connectivity index (χ4n) is 2.48. The number of nitrogens with one attached hydrogen (secondary N) is 3. The number of rotatable bonds is 16. The summed E-state index contributed by atoms with van der Waals surface area (Å²) >= 11 is 0. The van der Waals surface area contributed by atoms with E-state index in [0.717, 1.165) is 44.9 Å². The molecule has 0 aliphatic carbocycles. The van der Waals surface area contributed by atoms with E-state index in [1.807, 2.05) is 0 Å². The van der Waals surface area contributed by atoms with Crippen molar-refractivity contribution < 1.29 is 14.4 Å². The molecule has 0 rings (SSSR count). The van der Waals surface area contributed by atoms with Gasteiger partial charge in [0.15, 0.2) is 0 Å². The molecule has 6 nitrogen and oxygen atoms in total. The Balaban J connectivity index is 4.45. The lowest BCUT2D eigenvalue weighted by Gasteiger charge is -2.18. The van der Waals surface area contributed by atoms with Crippen LogP contribution in [0.4, 0.5) is 0 Å². The molecule has 6 heteroatoms. The van der Waals surface area contributed by atoms with Crippen LogP contribution in [0.2, 0.25) is 0 Å². The highest BCUT2D eigenvalue weighted by Gasteiger charge is 2.21. The summed E-state index contributed by atoms with van der Waals surface area (Å²) in [6, 6.07) is -0.655. The summed E-state index contributed by atoms with van der Waals surface area (Å²) < 4.78 is 0. The quantitative estimate of drug-likeness (QED) is 0.283. The molecule has 0 saturated heterocycles. The molecule has 0 bridgehead atoms. The standard InChI is InChI=1S/C21H39N3O3/c1-4-7-10-11-12-13-20(26)24-18(21(27)23-17-9-6-3)14-15-19(25)22-16-8-5-2/h7,10,18H,4-6,8-9,11-17H2,1-3H3,(H,22,25)(H,23,27)(H,24,26)/b10-7+/t18-/m0/s1. The summed E-state index contributed by atoms with van der Waals surface area (Å²) in [5.74, 6) is -0.417. The Bertz CT molecular complexity index is 450. The predicted octanol–water partition coefficient (Wildman–Crippen LogP) is 3.22. The molecule has 0 aromatic carbocycles. The maximum absolute atomic E-state index is 12.4. The van der Waals surface area contributed by atoms with Crippen LogP contribution in [0, 0.1) is 0 Å².